The second-order valence-electron chi connectivity index (χ2n) is 6.55. The lowest BCUT2D eigenvalue weighted by Crippen LogP contribution is -2.38. The average Bonchev–Trinajstić information content (AvgIpc) is 2.65. The van der Waals surface area contributed by atoms with Gasteiger partial charge in [0.25, 0.3) is 5.91 Å². The van der Waals surface area contributed by atoms with Crippen LogP contribution in [-0.4, -0.2) is 37.0 Å². The van der Waals surface area contributed by atoms with Gasteiger partial charge in [-0.05, 0) is 30.5 Å². The molecule has 0 radical (unpaired) electrons. The number of piperidine rings is 1. The Kier molecular flexibility index (Phi) is 6.01. The maximum Gasteiger partial charge on any atom is 0.252 e. The predicted octanol–water partition coefficient (Wildman–Crippen LogP) is 3.52. The van der Waals surface area contributed by atoms with E-state index in [-0.39, 0.29) is 0 Å². The quantitative estimate of drug-likeness (QED) is 0.812. The first kappa shape index (κ1) is 18.5. The minimum absolute atomic E-state index is 0.292. The van der Waals surface area contributed by atoms with Gasteiger partial charge >= 0.3 is 0 Å². The summed E-state index contributed by atoms with van der Waals surface area (Å²) in [6.07, 6.45) is 2.06. The fourth-order valence-electron chi connectivity index (χ4n) is 3.36. The number of amides is 1. The Labute approximate surface area is 159 Å². The highest BCUT2D eigenvalue weighted by Crippen LogP contribution is 2.36. The number of rotatable bonds is 6. The van der Waals surface area contributed by atoms with Gasteiger partial charge in [-0.25, -0.2) is 0 Å². The number of ether oxygens (including phenoxy) is 1. The van der Waals surface area contributed by atoms with Crippen LogP contribution in [0.5, 0.6) is 5.75 Å². The zero-order valence-electron chi connectivity index (χ0n) is 14.9. The maximum atomic E-state index is 11.5. The first-order chi connectivity index (χ1) is 12.6. The van der Waals surface area contributed by atoms with Crippen LogP contribution in [0.15, 0.2) is 42.5 Å². The van der Waals surface area contributed by atoms with Crippen molar-refractivity contribution in [2.24, 2.45) is 5.73 Å². The number of likely N-dealkylation sites (tertiary alicyclic amines) is 1. The number of primary amides is 1. The van der Waals surface area contributed by atoms with Gasteiger partial charge in [-0.3, -0.25) is 9.69 Å². The number of carbonyl (C=O) groups is 1. The molecule has 1 heterocycles. The summed E-state index contributed by atoms with van der Waals surface area (Å²) in [4.78, 5) is 13.9. The SMILES string of the molecule is COc1c(C(N)=O)ccc(NC2CCN(Cc3ccccc3)CC2)c1Cl. The number of nitrogens with zero attached hydrogens (tertiary/aromatic N) is 1. The Balaban J connectivity index is 1.60. The van der Waals surface area contributed by atoms with Crippen LogP contribution in [0.1, 0.15) is 28.8 Å². The molecule has 6 heteroatoms. The van der Waals surface area contributed by atoms with Crippen molar-refractivity contribution in [1.29, 1.82) is 0 Å². The monoisotopic (exact) mass is 373 g/mol. The summed E-state index contributed by atoms with van der Waals surface area (Å²) >= 11 is 6.41. The topological polar surface area (TPSA) is 67.6 Å². The molecule has 0 bridgehead atoms. The van der Waals surface area contributed by atoms with Crippen LogP contribution in [0.3, 0.4) is 0 Å². The molecule has 1 fully saturated rings. The molecule has 3 rings (SSSR count). The van der Waals surface area contributed by atoms with Crippen molar-refractivity contribution in [2.45, 2.75) is 25.4 Å². The van der Waals surface area contributed by atoms with Gasteiger partial charge in [0.15, 0.2) is 5.75 Å². The standard InChI is InChI=1S/C20H24ClN3O2/c1-26-19-16(20(22)25)7-8-17(18(19)21)23-15-9-11-24(12-10-15)13-14-5-3-2-4-6-14/h2-8,15,23H,9-13H2,1H3,(H2,22,25). The van der Waals surface area contributed by atoms with Gasteiger partial charge in [-0.15, -0.1) is 0 Å². The number of nitrogens with one attached hydrogen (secondary N) is 1. The predicted molar refractivity (Wildman–Crippen MR) is 105 cm³/mol. The van der Waals surface area contributed by atoms with Gasteiger partial charge in [0.2, 0.25) is 0 Å². The van der Waals surface area contributed by atoms with Crippen molar-refractivity contribution in [3.8, 4) is 5.75 Å². The Morgan fingerprint density at radius 3 is 2.54 bits per heavy atom. The second-order valence-corrected chi connectivity index (χ2v) is 6.93. The summed E-state index contributed by atoms with van der Waals surface area (Å²) in [7, 11) is 1.49. The van der Waals surface area contributed by atoms with Gasteiger partial charge in [0.05, 0.1) is 18.4 Å². The highest BCUT2D eigenvalue weighted by atomic mass is 35.5. The number of halogens is 1. The highest BCUT2D eigenvalue weighted by molar-refractivity contribution is 6.35. The summed E-state index contributed by atoms with van der Waals surface area (Å²) in [5.41, 5.74) is 7.78. The lowest BCUT2D eigenvalue weighted by Gasteiger charge is -2.33. The zero-order valence-corrected chi connectivity index (χ0v) is 15.6. The Morgan fingerprint density at radius 1 is 1.23 bits per heavy atom. The summed E-state index contributed by atoms with van der Waals surface area (Å²) in [5, 5.41) is 3.88. The molecule has 1 aliphatic heterocycles. The number of benzene rings is 2. The van der Waals surface area contributed by atoms with Crippen molar-refractivity contribution in [3.63, 3.8) is 0 Å². The molecule has 138 valence electrons. The van der Waals surface area contributed by atoms with Crippen LogP contribution >= 0.6 is 11.6 Å². The normalized spacial score (nSPS) is 15.6. The molecule has 0 aromatic heterocycles. The molecular weight excluding hydrogens is 350 g/mol. The average molecular weight is 374 g/mol. The largest absolute Gasteiger partial charge is 0.494 e. The number of nitrogens with two attached hydrogens (primary N) is 1. The second kappa shape index (κ2) is 8.43. The molecular formula is C20H24ClN3O2. The Morgan fingerprint density at radius 2 is 1.92 bits per heavy atom. The molecule has 0 atom stereocenters. The number of anilines is 1. The minimum atomic E-state index is -0.551. The van der Waals surface area contributed by atoms with Crippen molar-refractivity contribution >= 4 is 23.2 Å². The molecule has 2 aromatic rings. The minimum Gasteiger partial charge on any atom is -0.494 e. The van der Waals surface area contributed by atoms with Crippen molar-refractivity contribution in [3.05, 3.63) is 58.6 Å². The van der Waals surface area contributed by atoms with Gasteiger partial charge < -0.3 is 15.8 Å². The number of hydrogen-bond acceptors (Lipinski definition) is 4. The van der Waals surface area contributed by atoms with Gasteiger partial charge in [-0.2, -0.15) is 0 Å². The highest BCUT2D eigenvalue weighted by Gasteiger charge is 2.22. The van der Waals surface area contributed by atoms with Crippen molar-refractivity contribution < 1.29 is 9.53 Å². The van der Waals surface area contributed by atoms with Crippen molar-refractivity contribution in [2.75, 3.05) is 25.5 Å². The van der Waals surface area contributed by atoms with E-state index in [4.69, 9.17) is 22.1 Å². The molecule has 5 nitrogen and oxygen atoms in total. The molecule has 26 heavy (non-hydrogen) atoms. The van der Waals surface area contributed by atoms with E-state index in [1.165, 1.54) is 12.7 Å². The number of hydrogen-bond donors (Lipinski definition) is 2. The van der Waals surface area contributed by atoms with Crippen LogP contribution in [0.2, 0.25) is 5.02 Å². The maximum absolute atomic E-state index is 11.5. The first-order valence-corrected chi connectivity index (χ1v) is 9.15. The fourth-order valence-corrected chi connectivity index (χ4v) is 3.65. The Bertz CT molecular complexity index is 759. The van der Waals surface area contributed by atoms with Crippen LogP contribution in [0.25, 0.3) is 0 Å². The Hall–Kier alpha value is -2.24. The molecule has 2 aromatic carbocycles. The summed E-state index contributed by atoms with van der Waals surface area (Å²) < 4.78 is 5.27. The molecule has 0 unspecified atom stereocenters. The summed E-state index contributed by atoms with van der Waals surface area (Å²) in [5.74, 6) is -0.227. The summed E-state index contributed by atoms with van der Waals surface area (Å²) in [6, 6.07) is 14.3. The fraction of sp³-hybridized carbons (Fsp3) is 0.350. The molecule has 1 amide bonds. The molecule has 0 spiro atoms. The van der Waals surface area contributed by atoms with E-state index >= 15 is 0 Å². The third-order valence-corrected chi connectivity index (χ3v) is 5.14. The first-order valence-electron chi connectivity index (χ1n) is 8.77. The van der Waals surface area contributed by atoms with E-state index in [9.17, 15) is 4.79 Å². The van der Waals surface area contributed by atoms with Gasteiger partial charge in [-0.1, -0.05) is 41.9 Å². The molecule has 0 aliphatic carbocycles. The van der Waals surface area contributed by atoms with E-state index in [0.29, 0.717) is 22.4 Å². The van der Waals surface area contributed by atoms with Crippen LogP contribution in [0, 0.1) is 0 Å². The zero-order chi connectivity index (χ0) is 18.5. The van der Waals surface area contributed by atoms with E-state index < -0.39 is 5.91 Å². The lowest BCUT2D eigenvalue weighted by atomic mass is 10.0. The van der Waals surface area contributed by atoms with Gasteiger partial charge in [0, 0.05) is 25.7 Å². The molecule has 3 N–H and O–H groups in total. The van der Waals surface area contributed by atoms with Crippen LogP contribution in [0.4, 0.5) is 5.69 Å². The van der Waals surface area contributed by atoms with E-state index in [1.54, 1.807) is 12.1 Å². The smallest absolute Gasteiger partial charge is 0.252 e. The number of methoxy groups -OCH3 is 1. The molecule has 1 aliphatic rings. The van der Waals surface area contributed by atoms with Crippen LogP contribution in [-0.2, 0) is 6.54 Å². The number of carbonyl (C=O) groups excluding carboxylic acids is 1. The molecule has 1 saturated heterocycles. The lowest BCUT2D eigenvalue weighted by molar-refractivity contribution is 0.0997. The van der Waals surface area contributed by atoms with Crippen LogP contribution < -0.4 is 15.8 Å². The molecule has 0 saturated carbocycles. The third-order valence-electron chi connectivity index (χ3n) is 4.76. The van der Waals surface area contributed by atoms with Gasteiger partial charge in [0.1, 0.15) is 5.02 Å². The van der Waals surface area contributed by atoms with E-state index in [0.717, 1.165) is 38.2 Å². The van der Waals surface area contributed by atoms with E-state index in [1.807, 2.05) is 6.07 Å². The van der Waals surface area contributed by atoms with E-state index in [2.05, 4.69) is 34.5 Å². The third kappa shape index (κ3) is 4.29. The van der Waals surface area contributed by atoms with Crippen molar-refractivity contribution in [1.82, 2.24) is 4.90 Å². The summed E-state index contributed by atoms with van der Waals surface area (Å²) in [6.45, 7) is 3.04.